The number of rotatable bonds is 10. The minimum Gasteiger partial charge on any atom is -0.497 e. The number of methoxy groups -OCH3 is 2. The fourth-order valence-corrected chi connectivity index (χ4v) is 5.38. The van der Waals surface area contributed by atoms with E-state index in [1.54, 1.807) is 14.2 Å². The Morgan fingerprint density at radius 1 is 1.20 bits per heavy atom. The van der Waals surface area contributed by atoms with E-state index in [0.717, 1.165) is 56.0 Å². The summed E-state index contributed by atoms with van der Waals surface area (Å²) in [4.78, 5) is 30.5. The fraction of sp³-hybridized carbons (Fsp3) is 0.577. The van der Waals surface area contributed by atoms with Gasteiger partial charge in [-0.1, -0.05) is 12.1 Å². The molecule has 0 unspecified atom stereocenters. The minimum atomic E-state index is -0.966. The van der Waals surface area contributed by atoms with Gasteiger partial charge in [0.05, 0.1) is 26.0 Å². The molecule has 3 heterocycles. The van der Waals surface area contributed by atoms with Crippen molar-refractivity contribution in [3.05, 3.63) is 47.3 Å². The van der Waals surface area contributed by atoms with Gasteiger partial charge in [0.2, 0.25) is 0 Å². The smallest absolute Gasteiger partial charge is 0.325 e. The van der Waals surface area contributed by atoms with Crippen molar-refractivity contribution in [3.8, 4) is 5.75 Å². The number of ether oxygens (including phenoxy) is 2. The number of benzene rings is 1. The summed E-state index contributed by atoms with van der Waals surface area (Å²) in [7, 11) is 3.20. The fourth-order valence-electron chi connectivity index (χ4n) is 5.38. The van der Waals surface area contributed by atoms with Crippen molar-refractivity contribution in [1.82, 2.24) is 24.9 Å². The summed E-state index contributed by atoms with van der Waals surface area (Å²) in [5.41, 5.74) is 2.31. The highest BCUT2D eigenvalue weighted by atomic mass is 16.5. The van der Waals surface area contributed by atoms with Gasteiger partial charge in [-0.05, 0) is 63.4 Å². The highest BCUT2D eigenvalue weighted by molar-refractivity contribution is 6.07. The van der Waals surface area contributed by atoms with Crippen LogP contribution in [0.4, 0.5) is 4.79 Å². The molecule has 4 rings (SSSR count). The largest absolute Gasteiger partial charge is 0.497 e. The molecule has 2 fully saturated rings. The highest BCUT2D eigenvalue weighted by Crippen LogP contribution is 2.37. The molecule has 1 N–H and O–H groups in total. The van der Waals surface area contributed by atoms with E-state index in [1.807, 2.05) is 28.9 Å². The topological polar surface area (TPSA) is 88.9 Å². The second kappa shape index (κ2) is 10.8. The lowest BCUT2D eigenvalue weighted by molar-refractivity contribution is -0.134. The second-order valence-electron chi connectivity index (χ2n) is 9.53. The van der Waals surface area contributed by atoms with E-state index in [9.17, 15) is 9.59 Å². The molecule has 3 amide bonds. The van der Waals surface area contributed by atoms with Crippen LogP contribution >= 0.6 is 0 Å². The number of nitrogens with zero attached hydrogens (tertiary/aromatic N) is 4. The Labute approximate surface area is 207 Å². The molecule has 2 aliphatic rings. The van der Waals surface area contributed by atoms with Gasteiger partial charge in [-0.25, -0.2) is 4.79 Å². The standard InChI is InChI=1S/C26H37N5O4/c1-5-30-18-21(19(2)28-30)17-29-11-9-22(10-12-29)26(16-20-7-6-8-23(15-20)35-4)24(32)31(13-14-34-3)25(33)27-26/h6-8,15,18,22H,5,9-14,16-17H2,1-4H3,(H,27,33)/t26-/m0/s1. The maximum absolute atomic E-state index is 13.8. The molecule has 2 aliphatic heterocycles. The Kier molecular flexibility index (Phi) is 7.76. The quantitative estimate of drug-likeness (QED) is 0.523. The molecule has 0 radical (unpaired) electrons. The average Bonchev–Trinajstić information content (AvgIpc) is 3.34. The molecule has 9 heteroatoms. The van der Waals surface area contributed by atoms with E-state index < -0.39 is 5.54 Å². The number of hydrogen-bond acceptors (Lipinski definition) is 6. The van der Waals surface area contributed by atoms with Crippen molar-refractivity contribution in [3.63, 3.8) is 0 Å². The summed E-state index contributed by atoms with van der Waals surface area (Å²) in [6, 6.07) is 7.41. The maximum atomic E-state index is 13.8. The Morgan fingerprint density at radius 2 is 1.97 bits per heavy atom. The van der Waals surface area contributed by atoms with Crippen molar-refractivity contribution in [2.45, 2.75) is 51.7 Å². The molecule has 1 atom stereocenters. The molecule has 2 saturated heterocycles. The van der Waals surface area contributed by atoms with E-state index in [1.165, 1.54) is 10.5 Å². The normalized spacial score (nSPS) is 21.5. The molecule has 1 aromatic heterocycles. The number of carbonyl (C=O) groups is 2. The van der Waals surface area contributed by atoms with Crippen LogP contribution in [0.2, 0.25) is 0 Å². The summed E-state index contributed by atoms with van der Waals surface area (Å²) < 4.78 is 12.5. The molecule has 9 nitrogen and oxygen atoms in total. The van der Waals surface area contributed by atoms with E-state index in [2.05, 4.69) is 35.4 Å². The third kappa shape index (κ3) is 5.21. The van der Waals surface area contributed by atoms with Crippen molar-refractivity contribution in [2.24, 2.45) is 5.92 Å². The van der Waals surface area contributed by atoms with Crippen LogP contribution in [0.3, 0.4) is 0 Å². The number of piperidine rings is 1. The van der Waals surface area contributed by atoms with Crippen LogP contribution < -0.4 is 10.1 Å². The Balaban J connectivity index is 1.53. The zero-order chi connectivity index (χ0) is 25.0. The maximum Gasteiger partial charge on any atom is 0.325 e. The summed E-state index contributed by atoms with van der Waals surface area (Å²) >= 11 is 0. The number of aromatic nitrogens is 2. The summed E-state index contributed by atoms with van der Waals surface area (Å²) in [5, 5.41) is 7.69. The molecule has 35 heavy (non-hydrogen) atoms. The molecule has 190 valence electrons. The second-order valence-corrected chi connectivity index (χ2v) is 9.53. The van der Waals surface area contributed by atoms with Gasteiger partial charge in [0, 0.05) is 38.4 Å². The lowest BCUT2D eigenvalue weighted by Crippen LogP contribution is -2.57. The van der Waals surface area contributed by atoms with Gasteiger partial charge in [-0.15, -0.1) is 0 Å². The van der Waals surface area contributed by atoms with E-state index >= 15 is 0 Å². The number of likely N-dealkylation sites (tertiary alicyclic amines) is 1. The first-order valence-corrected chi connectivity index (χ1v) is 12.4. The third-order valence-electron chi connectivity index (χ3n) is 7.39. The zero-order valence-corrected chi connectivity index (χ0v) is 21.2. The van der Waals surface area contributed by atoms with Gasteiger partial charge in [-0.2, -0.15) is 5.10 Å². The van der Waals surface area contributed by atoms with Crippen LogP contribution in [0.25, 0.3) is 0 Å². The SMILES string of the molecule is CCn1cc(CN2CCC([C@]3(Cc4cccc(OC)c4)NC(=O)N(CCOC)C3=O)CC2)c(C)n1. The van der Waals surface area contributed by atoms with Crippen molar-refractivity contribution in [1.29, 1.82) is 0 Å². The van der Waals surface area contributed by atoms with Gasteiger partial charge in [0.25, 0.3) is 5.91 Å². The molecule has 0 aliphatic carbocycles. The number of nitrogens with one attached hydrogen (secondary N) is 1. The van der Waals surface area contributed by atoms with Crippen LogP contribution in [0, 0.1) is 12.8 Å². The molecule has 1 aromatic carbocycles. The molecule has 0 bridgehead atoms. The van der Waals surface area contributed by atoms with Crippen LogP contribution in [-0.2, 0) is 29.0 Å². The first kappa shape index (κ1) is 25.2. The van der Waals surface area contributed by atoms with Crippen LogP contribution in [-0.4, -0.2) is 77.5 Å². The Hall–Kier alpha value is -2.91. The molecule has 0 spiro atoms. The number of imide groups is 1. The average molecular weight is 484 g/mol. The summed E-state index contributed by atoms with van der Waals surface area (Å²) in [6.45, 7) is 8.15. The van der Waals surface area contributed by atoms with Crippen LogP contribution in [0.5, 0.6) is 5.75 Å². The van der Waals surface area contributed by atoms with Gasteiger partial charge in [0.15, 0.2) is 0 Å². The molecule has 2 aromatic rings. The Morgan fingerprint density at radius 3 is 2.63 bits per heavy atom. The molecular formula is C26H37N5O4. The van der Waals surface area contributed by atoms with Crippen LogP contribution in [0.15, 0.2) is 30.5 Å². The Bertz CT molecular complexity index is 1050. The van der Waals surface area contributed by atoms with E-state index in [0.29, 0.717) is 13.0 Å². The first-order valence-electron chi connectivity index (χ1n) is 12.4. The number of aryl methyl sites for hydroxylation is 2. The monoisotopic (exact) mass is 483 g/mol. The minimum absolute atomic E-state index is 0.0356. The molecular weight excluding hydrogens is 446 g/mol. The van der Waals surface area contributed by atoms with Crippen LogP contribution in [0.1, 0.15) is 36.6 Å². The van der Waals surface area contributed by atoms with Crippen molar-refractivity contribution in [2.75, 3.05) is 40.5 Å². The first-order chi connectivity index (χ1) is 16.9. The van der Waals surface area contributed by atoms with Gasteiger partial charge < -0.3 is 14.8 Å². The lowest BCUT2D eigenvalue weighted by atomic mass is 9.74. The third-order valence-corrected chi connectivity index (χ3v) is 7.39. The molecule has 0 saturated carbocycles. The summed E-state index contributed by atoms with van der Waals surface area (Å²) in [5.74, 6) is 0.623. The zero-order valence-electron chi connectivity index (χ0n) is 21.2. The number of hydrogen-bond donors (Lipinski definition) is 1. The van der Waals surface area contributed by atoms with Gasteiger partial charge in [0.1, 0.15) is 11.3 Å². The van der Waals surface area contributed by atoms with E-state index in [4.69, 9.17) is 9.47 Å². The number of carbonyl (C=O) groups excluding carboxylic acids is 2. The number of amides is 3. The predicted molar refractivity (Wildman–Crippen MR) is 132 cm³/mol. The van der Waals surface area contributed by atoms with Crippen molar-refractivity contribution >= 4 is 11.9 Å². The van der Waals surface area contributed by atoms with Gasteiger partial charge in [-0.3, -0.25) is 19.3 Å². The van der Waals surface area contributed by atoms with Crippen molar-refractivity contribution < 1.29 is 19.1 Å². The highest BCUT2D eigenvalue weighted by Gasteiger charge is 2.55. The van der Waals surface area contributed by atoms with Gasteiger partial charge >= 0.3 is 6.03 Å². The number of urea groups is 1. The summed E-state index contributed by atoms with van der Waals surface area (Å²) in [6.07, 6.45) is 4.22. The lowest BCUT2D eigenvalue weighted by Gasteiger charge is -2.41. The van der Waals surface area contributed by atoms with E-state index in [-0.39, 0.29) is 24.4 Å². The predicted octanol–water partition coefficient (Wildman–Crippen LogP) is 2.61.